The number of benzene rings is 2. The lowest BCUT2D eigenvalue weighted by atomic mass is 10.1. The molecule has 0 atom stereocenters. The van der Waals surface area contributed by atoms with Gasteiger partial charge in [-0.2, -0.15) is 0 Å². The molecule has 0 radical (unpaired) electrons. The predicted molar refractivity (Wildman–Crippen MR) is 193 cm³/mol. The number of methoxy groups -OCH3 is 1. The molecule has 3 amide bonds. The van der Waals surface area contributed by atoms with Crippen molar-refractivity contribution in [3.63, 3.8) is 0 Å². The third kappa shape index (κ3) is 7.54. The molecule has 4 heterocycles. The first-order valence-electron chi connectivity index (χ1n) is 16.9. The number of aryl methyl sites for hydroxylation is 2. The molecule has 52 heavy (non-hydrogen) atoms. The van der Waals surface area contributed by atoms with Crippen LogP contribution in [0.15, 0.2) is 40.8 Å². The average Bonchev–Trinajstić information content (AvgIpc) is 3.79. The summed E-state index contributed by atoms with van der Waals surface area (Å²) >= 11 is 0. The number of amides is 3. The van der Waals surface area contributed by atoms with Gasteiger partial charge in [-0.3, -0.25) is 24.6 Å². The summed E-state index contributed by atoms with van der Waals surface area (Å²) in [6.45, 7) is 8.36. The van der Waals surface area contributed by atoms with E-state index in [0.29, 0.717) is 71.4 Å². The zero-order chi connectivity index (χ0) is 36.9. The second kappa shape index (κ2) is 15.5. The van der Waals surface area contributed by atoms with Gasteiger partial charge in [0.1, 0.15) is 22.5 Å². The summed E-state index contributed by atoms with van der Waals surface area (Å²) in [4.78, 5) is 53.5. The Bertz CT molecular complexity index is 2160. The van der Waals surface area contributed by atoms with Crippen LogP contribution in [-0.4, -0.2) is 93.3 Å². The average molecular weight is 715 g/mol. The Balaban J connectivity index is 1.33. The van der Waals surface area contributed by atoms with Crippen molar-refractivity contribution in [2.24, 2.45) is 11.5 Å². The van der Waals surface area contributed by atoms with Crippen molar-refractivity contribution in [2.45, 2.75) is 39.8 Å². The van der Waals surface area contributed by atoms with Gasteiger partial charge >= 0.3 is 0 Å². The monoisotopic (exact) mass is 714 g/mol. The molecule has 2 aromatic carbocycles. The number of rotatable bonds is 15. The van der Waals surface area contributed by atoms with Crippen molar-refractivity contribution in [1.29, 1.82) is 0 Å². The van der Waals surface area contributed by atoms with Gasteiger partial charge in [-0.05, 0) is 37.1 Å². The fraction of sp³-hybridized carbons (Fsp3) is 0.371. The fourth-order valence-electron chi connectivity index (χ4n) is 6.19. The number of fused-ring (bicyclic) bond motifs is 2. The van der Waals surface area contributed by atoms with E-state index in [9.17, 15) is 14.4 Å². The van der Waals surface area contributed by atoms with Gasteiger partial charge < -0.3 is 45.0 Å². The van der Waals surface area contributed by atoms with E-state index in [1.54, 1.807) is 40.3 Å². The number of aromatic nitrogens is 5. The molecule has 3 aromatic heterocycles. The molecule has 7 N–H and O–H groups in total. The van der Waals surface area contributed by atoms with Crippen molar-refractivity contribution in [3.05, 3.63) is 64.9 Å². The Morgan fingerprint density at radius 2 is 1.56 bits per heavy atom. The summed E-state index contributed by atoms with van der Waals surface area (Å²) in [5, 5.41) is 2.87. The number of carbonyl (C=O) groups excluding carboxylic acids is 3. The van der Waals surface area contributed by atoms with Gasteiger partial charge in [0, 0.05) is 50.8 Å². The normalized spacial score (nSPS) is 13.7. The van der Waals surface area contributed by atoms with Gasteiger partial charge in [-0.15, -0.1) is 0 Å². The number of morpholine rings is 1. The Kier molecular flexibility index (Phi) is 10.7. The molecule has 6 rings (SSSR count). The van der Waals surface area contributed by atoms with E-state index in [-0.39, 0.29) is 41.9 Å². The number of anilines is 2. The van der Waals surface area contributed by atoms with Crippen LogP contribution in [0.4, 0.5) is 11.9 Å². The molecule has 17 nitrogen and oxygen atoms in total. The Morgan fingerprint density at radius 3 is 2.21 bits per heavy atom. The van der Waals surface area contributed by atoms with Crippen molar-refractivity contribution < 1.29 is 33.0 Å². The minimum atomic E-state index is -0.645. The van der Waals surface area contributed by atoms with Crippen LogP contribution in [0.5, 0.6) is 11.5 Å². The number of hydrogen-bond acceptors (Lipinski definition) is 12. The number of imidazole rings is 2. The maximum absolute atomic E-state index is 13.5. The van der Waals surface area contributed by atoms with E-state index in [1.165, 1.54) is 7.11 Å². The summed E-state index contributed by atoms with van der Waals surface area (Å²) in [6, 6.07) is 6.26. The third-order valence-electron chi connectivity index (χ3n) is 8.73. The predicted octanol–water partition coefficient (Wildman–Crippen LogP) is 2.64. The number of allylic oxidation sites excluding steroid dienone is 2. The first-order chi connectivity index (χ1) is 25.1. The van der Waals surface area contributed by atoms with Crippen LogP contribution < -0.4 is 32.0 Å². The number of nitrogens with two attached hydrogens (primary N) is 3. The van der Waals surface area contributed by atoms with Gasteiger partial charge in [0.05, 0.1) is 43.7 Å². The Morgan fingerprint density at radius 1 is 0.923 bits per heavy atom. The Hall–Kier alpha value is -5.94. The molecule has 1 aliphatic heterocycles. The highest BCUT2D eigenvalue weighted by Gasteiger charge is 2.24. The van der Waals surface area contributed by atoms with E-state index in [1.807, 2.05) is 19.1 Å². The fourth-order valence-corrected chi connectivity index (χ4v) is 6.19. The summed E-state index contributed by atoms with van der Waals surface area (Å²) < 4.78 is 26.4. The number of carbonyl (C=O) groups is 3. The number of nitrogens with zero attached hydrogens (tertiary/aromatic N) is 6. The van der Waals surface area contributed by atoms with Gasteiger partial charge in [0.2, 0.25) is 29.5 Å². The van der Waals surface area contributed by atoms with E-state index in [0.717, 1.165) is 26.1 Å². The topological polar surface area (TPSA) is 234 Å². The van der Waals surface area contributed by atoms with Gasteiger partial charge in [0.25, 0.3) is 5.91 Å². The largest absolute Gasteiger partial charge is 0.494 e. The zero-order valence-corrected chi connectivity index (χ0v) is 29.3. The maximum Gasteiger partial charge on any atom is 0.295 e. The lowest BCUT2D eigenvalue weighted by Gasteiger charge is -2.26. The maximum atomic E-state index is 13.5. The van der Waals surface area contributed by atoms with E-state index < -0.39 is 17.7 Å². The first-order valence-corrected chi connectivity index (χ1v) is 16.9. The van der Waals surface area contributed by atoms with Crippen LogP contribution >= 0.6 is 0 Å². The molecule has 1 fully saturated rings. The van der Waals surface area contributed by atoms with Crippen LogP contribution in [-0.2, 0) is 24.2 Å². The minimum Gasteiger partial charge on any atom is -0.494 e. The van der Waals surface area contributed by atoms with Crippen LogP contribution in [0.25, 0.3) is 22.1 Å². The summed E-state index contributed by atoms with van der Waals surface area (Å²) in [5.74, 6) is -0.154. The first kappa shape index (κ1) is 35.9. The molecule has 0 spiro atoms. The molecule has 274 valence electrons. The molecule has 0 aliphatic carbocycles. The molecule has 0 unspecified atom stereocenters. The SMILES string of the molecule is CCc1nc(C)oc1C(=O)Nc1nc2cc(C(N)=O)cc(OCCCN3CCOCC3)c2n1C/C=C/Cn1c(N)nc2cc(C(N)=O)cc(OC)c21. The number of nitrogens with one attached hydrogen (secondary N) is 1. The van der Waals surface area contributed by atoms with E-state index in [4.69, 9.17) is 40.8 Å². The summed E-state index contributed by atoms with van der Waals surface area (Å²) in [6.07, 6.45) is 4.96. The van der Waals surface area contributed by atoms with Crippen LogP contribution in [0, 0.1) is 6.92 Å². The molecule has 17 heteroatoms. The highest BCUT2D eigenvalue weighted by atomic mass is 16.5. The molecular formula is C35H42N10O7. The second-order valence-corrected chi connectivity index (χ2v) is 12.2. The molecule has 5 aromatic rings. The molecule has 0 saturated carbocycles. The van der Waals surface area contributed by atoms with Crippen LogP contribution in [0.3, 0.4) is 0 Å². The lowest BCUT2D eigenvalue weighted by Crippen LogP contribution is -2.37. The van der Waals surface area contributed by atoms with E-state index >= 15 is 0 Å². The number of nitrogen functional groups attached to an aromatic ring is 1. The summed E-state index contributed by atoms with van der Waals surface area (Å²) in [5.41, 5.74) is 20.5. The molecular weight excluding hydrogens is 672 g/mol. The lowest BCUT2D eigenvalue weighted by molar-refractivity contribution is 0.0358. The number of oxazole rings is 1. The third-order valence-corrected chi connectivity index (χ3v) is 8.73. The molecule has 1 aliphatic rings. The van der Waals surface area contributed by atoms with Crippen LogP contribution in [0.1, 0.15) is 56.2 Å². The molecule has 1 saturated heterocycles. The summed E-state index contributed by atoms with van der Waals surface area (Å²) in [7, 11) is 1.48. The van der Waals surface area contributed by atoms with Gasteiger partial charge in [-0.25, -0.2) is 15.0 Å². The Labute approximate surface area is 298 Å². The smallest absolute Gasteiger partial charge is 0.295 e. The van der Waals surface area contributed by atoms with Crippen LogP contribution in [0.2, 0.25) is 0 Å². The highest BCUT2D eigenvalue weighted by molar-refractivity contribution is 6.04. The van der Waals surface area contributed by atoms with Gasteiger partial charge in [0.15, 0.2) is 5.89 Å². The quantitative estimate of drug-likeness (QED) is 0.0905. The van der Waals surface area contributed by atoms with Crippen molar-refractivity contribution in [3.8, 4) is 11.5 Å². The number of primary amides is 2. The number of hydrogen-bond donors (Lipinski definition) is 4. The number of ether oxygens (including phenoxy) is 3. The minimum absolute atomic E-state index is 0.0856. The zero-order valence-electron chi connectivity index (χ0n) is 29.3. The standard InChI is InChI=1S/C35H42N10O7/c1-4-23-30(52-20(2)39-23)33(48)42-35-41-25-17-22(32(37)47)19-27(51-13-7-8-43-11-14-50-15-12-43)29(25)45(35)10-6-5-9-44-28-24(40-34(44)38)16-21(31(36)46)18-26(28)49-3/h5-6,16-19H,4,7-15H2,1-3H3,(H2,36,46)(H2,37,47)(H2,38,40)(H,41,42,48)/b6-5+. The van der Waals surface area contributed by atoms with Crippen molar-refractivity contribution in [1.82, 2.24) is 29.0 Å². The molecule has 0 bridgehead atoms. The second-order valence-electron chi connectivity index (χ2n) is 12.2. The highest BCUT2D eigenvalue weighted by Crippen LogP contribution is 2.32. The van der Waals surface area contributed by atoms with Crippen molar-refractivity contribution >= 4 is 51.7 Å². The van der Waals surface area contributed by atoms with Crippen molar-refractivity contribution in [2.75, 3.05) is 57.6 Å². The van der Waals surface area contributed by atoms with E-state index in [2.05, 4.69) is 20.2 Å². The van der Waals surface area contributed by atoms with Gasteiger partial charge in [-0.1, -0.05) is 19.1 Å².